The zero-order chi connectivity index (χ0) is 16.8. The van der Waals surface area contributed by atoms with Gasteiger partial charge in [-0.25, -0.2) is 20.2 Å². The molecule has 0 unspecified atom stereocenters. The Morgan fingerprint density at radius 1 is 1.21 bits per heavy atom. The number of carbonyl (C=O) groups is 2. The Balaban J connectivity index is 1.45. The number of nitrogens with zero attached hydrogens (tertiary/aromatic N) is 3. The van der Waals surface area contributed by atoms with Crippen LogP contribution in [0.3, 0.4) is 0 Å². The molecule has 0 spiro atoms. The predicted octanol–water partition coefficient (Wildman–Crippen LogP) is 1.47. The molecule has 3 N–H and O–H groups in total. The number of aromatic nitrogens is 3. The highest BCUT2D eigenvalue weighted by Gasteiger charge is 2.07. The summed E-state index contributed by atoms with van der Waals surface area (Å²) in [6, 6.07) is 6.62. The maximum Gasteiger partial charge on any atom is 0.333 e. The number of thiophene rings is 1. The molecule has 9 heteroatoms. The molecule has 0 radical (unpaired) electrons. The Kier molecular flexibility index (Phi) is 4.82. The van der Waals surface area contributed by atoms with Gasteiger partial charge in [0.25, 0.3) is 5.91 Å². The van der Waals surface area contributed by atoms with Crippen molar-refractivity contribution in [1.82, 2.24) is 30.7 Å². The van der Waals surface area contributed by atoms with Gasteiger partial charge in [0.05, 0.1) is 4.88 Å². The second-order valence-corrected chi connectivity index (χ2v) is 5.68. The first-order chi connectivity index (χ1) is 11.7. The van der Waals surface area contributed by atoms with E-state index in [1.807, 2.05) is 12.1 Å². The van der Waals surface area contributed by atoms with Crippen LogP contribution in [-0.4, -0.2) is 26.5 Å². The zero-order valence-corrected chi connectivity index (χ0v) is 13.3. The average molecular weight is 342 g/mol. The maximum absolute atomic E-state index is 11.7. The van der Waals surface area contributed by atoms with Crippen LogP contribution in [0.5, 0.6) is 0 Å². The standard InChI is InChI=1S/C15H14N6O2S/c22-14(12-2-1-7-24-12)19-20-15(23)18-9-11-3-4-13(17-8-11)21-6-5-16-10-21/h1-8,10H,9H2,(H,19,22)(H2,18,20,23). The third kappa shape index (κ3) is 3.96. The van der Waals surface area contributed by atoms with Crippen LogP contribution >= 0.6 is 11.3 Å². The van der Waals surface area contributed by atoms with Crippen LogP contribution in [0.2, 0.25) is 0 Å². The van der Waals surface area contributed by atoms with Crippen LogP contribution in [0.15, 0.2) is 54.6 Å². The number of nitrogens with one attached hydrogen (secondary N) is 3. The van der Waals surface area contributed by atoms with Gasteiger partial charge in [0.15, 0.2) is 0 Å². The summed E-state index contributed by atoms with van der Waals surface area (Å²) >= 11 is 1.29. The highest BCUT2D eigenvalue weighted by molar-refractivity contribution is 7.12. The van der Waals surface area contributed by atoms with E-state index < -0.39 is 6.03 Å². The van der Waals surface area contributed by atoms with Crippen LogP contribution < -0.4 is 16.2 Å². The Bertz CT molecular complexity index is 799. The number of hydrazine groups is 1. The van der Waals surface area contributed by atoms with E-state index in [4.69, 9.17) is 0 Å². The molecule has 0 saturated carbocycles. The van der Waals surface area contributed by atoms with Gasteiger partial charge >= 0.3 is 6.03 Å². The molecule has 0 atom stereocenters. The van der Waals surface area contributed by atoms with Crippen molar-refractivity contribution in [1.29, 1.82) is 0 Å². The molecule has 0 saturated heterocycles. The zero-order valence-electron chi connectivity index (χ0n) is 12.5. The van der Waals surface area contributed by atoms with Crippen LogP contribution in [-0.2, 0) is 6.54 Å². The monoisotopic (exact) mass is 342 g/mol. The Morgan fingerprint density at radius 3 is 2.79 bits per heavy atom. The van der Waals surface area contributed by atoms with Crippen LogP contribution in [0.1, 0.15) is 15.2 Å². The molecule has 3 amide bonds. The number of imidazole rings is 1. The highest BCUT2D eigenvalue weighted by Crippen LogP contribution is 2.07. The van der Waals surface area contributed by atoms with Gasteiger partial charge in [0.1, 0.15) is 12.1 Å². The van der Waals surface area contributed by atoms with Crippen molar-refractivity contribution < 1.29 is 9.59 Å². The Labute approximate surface area is 141 Å². The molecule has 3 heterocycles. The molecule has 3 aromatic rings. The topological polar surface area (TPSA) is 101 Å². The van der Waals surface area contributed by atoms with Gasteiger partial charge in [-0.3, -0.25) is 14.8 Å². The fraction of sp³-hybridized carbons (Fsp3) is 0.0667. The molecule has 0 aromatic carbocycles. The number of amides is 3. The van der Waals surface area contributed by atoms with E-state index in [0.717, 1.165) is 11.4 Å². The minimum Gasteiger partial charge on any atom is -0.333 e. The molecule has 0 aliphatic carbocycles. The van der Waals surface area contributed by atoms with E-state index in [2.05, 4.69) is 26.1 Å². The summed E-state index contributed by atoms with van der Waals surface area (Å²) in [6.45, 7) is 0.290. The van der Waals surface area contributed by atoms with Gasteiger partial charge in [-0.1, -0.05) is 12.1 Å². The fourth-order valence-corrected chi connectivity index (χ4v) is 2.50. The first-order valence-corrected chi connectivity index (χ1v) is 7.91. The van der Waals surface area contributed by atoms with E-state index in [0.29, 0.717) is 4.88 Å². The maximum atomic E-state index is 11.7. The van der Waals surface area contributed by atoms with Crippen LogP contribution in [0.4, 0.5) is 4.79 Å². The largest absolute Gasteiger partial charge is 0.333 e. The Hall–Kier alpha value is -3.20. The quantitative estimate of drug-likeness (QED) is 0.625. The molecule has 3 rings (SSSR count). The van der Waals surface area contributed by atoms with Crippen molar-refractivity contribution in [2.75, 3.05) is 0 Å². The van der Waals surface area contributed by atoms with Gasteiger partial charge in [-0.2, -0.15) is 0 Å². The SMILES string of the molecule is O=C(NCc1ccc(-n2ccnc2)nc1)NNC(=O)c1cccs1. The molecule has 0 bridgehead atoms. The predicted molar refractivity (Wildman–Crippen MR) is 88.5 cm³/mol. The first-order valence-electron chi connectivity index (χ1n) is 7.03. The van der Waals surface area contributed by atoms with Gasteiger partial charge in [-0.15, -0.1) is 11.3 Å². The molecule has 0 aliphatic heterocycles. The number of hydrogen-bond donors (Lipinski definition) is 3. The second-order valence-electron chi connectivity index (χ2n) is 4.73. The summed E-state index contributed by atoms with van der Waals surface area (Å²) in [5.41, 5.74) is 5.46. The number of pyridine rings is 1. The molecule has 8 nitrogen and oxygen atoms in total. The molecular formula is C15H14N6O2S. The number of carbonyl (C=O) groups excluding carboxylic acids is 2. The summed E-state index contributed by atoms with van der Waals surface area (Å²) < 4.78 is 1.78. The van der Waals surface area contributed by atoms with Crippen molar-refractivity contribution in [2.45, 2.75) is 6.54 Å². The van der Waals surface area contributed by atoms with E-state index in [-0.39, 0.29) is 12.5 Å². The number of hydrogen-bond acceptors (Lipinski definition) is 5. The van der Waals surface area contributed by atoms with Gasteiger partial charge in [0.2, 0.25) is 0 Å². The lowest BCUT2D eigenvalue weighted by Crippen LogP contribution is -2.46. The van der Waals surface area contributed by atoms with Gasteiger partial charge in [0, 0.05) is 25.1 Å². The van der Waals surface area contributed by atoms with Gasteiger partial charge in [-0.05, 0) is 23.1 Å². The first kappa shape index (κ1) is 15.7. The molecular weight excluding hydrogens is 328 g/mol. The Morgan fingerprint density at radius 2 is 2.12 bits per heavy atom. The average Bonchev–Trinajstić information content (AvgIpc) is 3.31. The summed E-state index contributed by atoms with van der Waals surface area (Å²) in [5.74, 6) is 0.385. The van der Waals surface area contributed by atoms with E-state index in [9.17, 15) is 9.59 Å². The molecule has 122 valence electrons. The third-order valence-electron chi connectivity index (χ3n) is 3.07. The minimum absolute atomic E-state index is 0.290. The van der Waals surface area contributed by atoms with Crippen LogP contribution in [0.25, 0.3) is 5.82 Å². The highest BCUT2D eigenvalue weighted by atomic mass is 32.1. The number of urea groups is 1. The summed E-state index contributed by atoms with van der Waals surface area (Å²) in [4.78, 5) is 32.1. The molecule has 24 heavy (non-hydrogen) atoms. The second kappa shape index (κ2) is 7.38. The van der Waals surface area contributed by atoms with Crippen molar-refractivity contribution in [3.05, 3.63) is 65.0 Å². The fourth-order valence-electron chi connectivity index (χ4n) is 1.88. The van der Waals surface area contributed by atoms with Crippen molar-refractivity contribution in [3.63, 3.8) is 0 Å². The molecule has 0 aliphatic rings. The van der Waals surface area contributed by atoms with Gasteiger partial charge < -0.3 is 5.32 Å². The van der Waals surface area contributed by atoms with E-state index in [1.165, 1.54) is 11.3 Å². The summed E-state index contributed by atoms with van der Waals surface area (Å²) in [7, 11) is 0. The van der Waals surface area contributed by atoms with Crippen molar-refractivity contribution in [2.24, 2.45) is 0 Å². The molecule has 0 fully saturated rings. The summed E-state index contributed by atoms with van der Waals surface area (Å²) in [5, 5.41) is 4.42. The van der Waals surface area contributed by atoms with E-state index >= 15 is 0 Å². The lowest BCUT2D eigenvalue weighted by atomic mass is 10.3. The third-order valence-corrected chi connectivity index (χ3v) is 3.93. The lowest BCUT2D eigenvalue weighted by Gasteiger charge is -2.08. The smallest absolute Gasteiger partial charge is 0.333 e. The molecule has 3 aromatic heterocycles. The normalized spacial score (nSPS) is 10.2. The number of rotatable bonds is 4. The van der Waals surface area contributed by atoms with Crippen LogP contribution in [0, 0.1) is 0 Å². The van der Waals surface area contributed by atoms with Crippen molar-refractivity contribution in [3.8, 4) is 5.82 Å². The lowest BCUT2D eigenvalue weighted by molar-refractivity contribution is 0.0940. The van der Waals surface area contributed by atoms with Crippen molar-refractivity contribution >= 4 is 23.3 Å². The van der Waals surface area contributed by atoms with E-state index in [1.54, 1.807) is 47.0 Å². The summed E-state index contributed by atoms with van der Waals surface area (Å²) in [6.07, 6.45) is 6.79. The minimum atomic E-state index is -0.501.